The fourth-order valence-electron chi connectivity index (χ4n) is 1.02. The van der Waals surface area contributed by atoms with Crippen LogP contribution in [0.15, 0.2) is 0 Å². The summed E-state index contributed by atoms with van der Waals surface area (Å²) in [5.41, 5.74) is 5.17. The number of hydrogen-bond donors (Lipinski definition) is 3. The average Bonchev–Trinajstić information content (AvgIpc) is 2.77. The molecule has 0 bridgehead atoms. The summed E-state index contributed by atoms with van der Waals surface area (Å²) in [6, 6.07) is 0.191. The molecule has 4 N–H and O–H groups in total. The molecule has 2 amide bonds. The molecule has 0 aromatic carbocycles. The van der Waals surface area contributed by atoms with Crippen molar-refractivity contribution in [1.29, 1.82) is 0 Å². The zero-order valence-corrected chi connectivity index (χ0v) is 7.67. The van der Waals surface area contributed by atoms with Gasteiger partial charge in [0.25, 0.3) is 0 Å². The zero-order chi connectivity index (χ0) is 9.84. The average molecular weight is 185 g/mol. The highest BCUT2D eigenvalue weighted by atomic mass is 16.2. The maximum atomic E-state index is 11.1. The Morgan fingerprint density at radius 1 is 1.46 bits per heavy atom. The summed E-state index contributed by atoms with van der Waals surface area (Å²) in [6.45, 7) is 2.72. The number of rotatable bonds is 3. The van der Waals surface area contributed by atoms with Crippen molar-refractivity contribution in [1.82, 2.24) is 10.6 Å². The molecule has 1 fully saturated rings. The van der Waals surface area contributed by atoms with E-state index < -0.39 is 11.8 Å². The molecule has 2 unspecified atom stereocenters. The Hall–Kier alpha value is -1.10. The molecule has 2 atom stereocenters. The molecule has 0 aliphatic heterocycles. The molecule has 0 heterocycles. The van der Waals surface area contributed by atoms with Crippen molar-refractivity contribution >= 4 is 11.8 Å². The van der Waals surface area contributed by atoms with Crippen LogP contribution in [0, 0.1) is 5.92 Å². The summed E-state index contributed by atoms with van der Waals surface area (Å²) >= 11 is 0. The topological polar surface area (TPSA) is 84.2 Å². The zero-order valence-electron chi connectivity index (χ0n) is 7.67. The number of amides is 2. The van der Waals surface area contributed by atoms with Gasteiger partial charge >= 0.3 is 11.8 Å². The summed E-state index contributed by atoms with van der Waals surface area (Å²) in [4.78, 5) is 22.1. The van der Waals surface area contributed by atoms with E-state index in [9.17, 15) is 9.59 Å². The third-order valence-corrected chi connectivity index (χ3v) is 2.06. The highest BCUT2D eigenvalue weighted by Gasteiger charge is 2.35. The molecular formula is C8H15N3O2. The Labute approximate surface area is 77.1 Å². The second-order valence-corrected chi connectivity index (χ2v) is 3.34. The smallest absolute Gasteiger partial charge is 0.309 e. The van der Waals surface area contributed by atoms with Gasteiger partial charge in [-0.3, -0.25) is 9.59 Å². The number of nitrogens with two attached hydrogens (primary N) is 1. The molecule has 1 rings (SSSR count). The first-order chi connectivity index (χ1) is 6.15. The van der Waals surface area contributed by atoms with E-state index in [2.05, 4.69) is 10.6 Å². The lowest BCUT2D eigenvalue weighted by molar-refractivity contribution is -0.139. The molecule has 0 aromatic heterocycles. The standard InChI is InChI=1S/C8H15N3O2/c1-5-4-6(5)11-8(13)7(12)10-3-2-9/h5-6H,2-4,9H2,1H3,(H,10,12)(H,11,13). The van der Waals surface area contributed by atoms with Crippen LogP contribution in [0.3, 0.4) is 0 Å². The van der Waals surface area contributed by atoms with Gasteiger partial charge in [-0.05, 0) is 12.3 Å². The van der Waals surface area contributed by atoms with Crippen LogP contribution >= 0.6 is 0 Å². The van der Waals surface area contributed by atoms with Gasteiger partial charge in [0.15, 0.2) is 0 Å². The lowest BCUT2D eigenvalue weighted by Crippen LogP contribution is -2.42. The fourth-order valence-corrected chi connectivity index (χ4v) is 1.02. The van der Waals surface area contributed by atoms with Crippen LogP contribution < -0.4 is 16.4 Å². The monoisotopic (exact) mass is 185 g/mol. The van der Waals surface area contributed by atoms with Crippen LogP contribution in [0.4, 0.5) is 0 Å². The first-order valence-corrected chi connectivity index (χ1v) is 4.44. The van der Waals surface area contributed by atoms with Crippen LogP contribution in [-0.4, -0.2) is 30.9 Å². The second-order valence-electron chi connectivity index (χ2n) is 3.34. The molecular weight excluding hydrogens is 170 g/mol. The van der Waals surface area contributed by atoms with Gasteiger partial charge in [-0.25, -0.2) is 0 Å². The van der Waals surface area contributed by atoms with Crippen molar-refractivity contribution in [3.05, 3.63) is 0 Å². The molecule has 5 nitrogen and oxygen atoms in total. The van der Waals surface area contributed by atoms with Gasteiger partial charge in [-0.2, -0.15) is 0 Å². The quantitative estimate of drug-likeness (QED) is 0.472. The molecule has 1 aliphatic rings. The van der Waals surface area contributed by atoms with Gasteiger partial charge in [0.05, 0.1) is 0 Å². The molecule has 1 saturated carbocycles. The minimum atomic E-state index is -0.593. The van der Waals surface area contributed by atoms with Crippen LogP contribution in [0.25, 0.3) is 0 Å². The first kappa shape index (κ1) is 9.98. The molecule has 0 aromatic rings. The van der Waals surface area contributed by atoms with E-state index in [1.807, 2.05) is 6.92 Å². The van der Waals surface area contributed by atoms with E-state index in [1.54, 1.807) is 0 Å². The molecule has 1 aliphatic carbocycles. The van der Waals surface area contributed by atoms with Crippen molar-refractivity contribution in [2.24, 2.45) is 11.7 Å². The Kier molecular flexibility index (Phi) is 3.25. The SMILES string of the molecule is CC1CC1NC(=O)C(=O)NCCN. The van der Waals surface area contributed by atoms with Gasteiger partial charge in [-0.1, -0.05) is 6.92 Å². The largest absolute Gasteiger partial charge is 0.347 e. The molecule has 5 heteroatoms. The first-order valence-electron chi connectivity index (χ1n) is 4.44. The lowest BCUT2D eigenvalue weighted by Gasteiger charge is -2.03. The van der Waals surface area contributed by atoms with E-state index in [0.717, 1.165) is 6.42 Å². The summed E-state index contributed by atoms with van der Waals surface area (Å²) in [6.07, 6.45) is 0.968. The molecule has 74 valence electrons. The Morgan fingerprint density at radius 2 is 2.08 bits per heavy atom. The summed E-state index contributed by atoms with van der Waals surface area (Å²) in [5.74, 6) is -0.640. The number of hydrogen-bond acceptors (Lipinski definition) is 3. The lowest BCUT2D eigenvalue weighted by atomic mass is 10.4. The maximum Gasteiger partial charge on any atom is 0.309 e. The maximum absolute atomic E-state index is 11.1. The number of carbonyl (C=O) groups is 2. The Bertz CT molecular complexity index is 217. The predicted molar refractivity (Wildman–Crippen MR) is 47.8 cm³/mol. The third kappa shape index (κ3) is 3.02. The van der Waals surface area contributed by atoms with Crippen molar-refractivity contribution in [3.63, 3.8) is 0 Å². The minimum absolute atomic E-state index is 0.191. The number of nitrogens with one attached hydrogen (secondary N) is 2. The van der Waals surface area contributed by atoms with Gasteiger partial charge in [0.2, 0.25) is 0 Å². The molecule has 0 saturated heterocycles. The van der Waals surface area contributed by atoms with Crippen LogP contribution in [0.2, 0.25) is 0 Å². The highest BCUT2D eigenvalue weighted by Crippen LogP contribution is 2.28. The van der Waals surface area contributed by atoms with E-state index in [1.165, 1.54) is 0 Å². The molecule has 13 heavy (non-hydrogen) atoms. The normalized spacial score (nSPS) is 25.1. The van der Waals surface area contributed by atoms with E-state index >= 15 is 0 Å². The van der Waals surface area contributed by atoms with Gasteiger partial charge in [-0.15, -0.1) is 0 Å². The minimum Gasteiger partial charge on any atom is -0.347 e. The van der Waals surface area contributed by atoms with E-state index in [0.29, 0.717) is 19.0 Å². The summed E-state index contributed by atoms with van der Waals surface area (Å²) in [7, 11) is 0. The van der Waals surface area contributed by atoms with Gasteiger partial charge in [0, 0.05) is 19.1 Å². The highest BCUT2D eigenvalue weighted by molar-refractivity contribution is 6.35. The van der Waals surface area contributed by atoms with Crippen molar-refractivity contribution in [2.45, 2.75) is 19.4 Å². The Balaban J connectivity index is 2.18. The van der Waals surface area contributed by atoms with E-state index in [4.69, 9.17) is 5.73 Å². The van der Waals surface area contributed by atoms with Crippen molar-refractivity contribution in [2.75, 3.05) is 13.1 Å². The molecule has 0 spiro atoms. The van der Waals surface area contributed by atoms with Gasteiger partial charge < -0.3 is 16.4 Å². The Morgan fingerprint density at radius 3 is 2.54 bits per heavy atom. The second kappa shape index (κ2) is 4.23. The van der Waals surface area contributed by atoms with Crippen LogP contribution in [0.5, 0.6) is 0 Å². The number of carbonyl (C=O) groups excluding carboxylic acids is 2. The van der Waals surface area contributed by atoms with Crippen molar-refractivity contribution in [3.8, 4) is 0 Å². The van der Waals surface area contributed by atoms with Crippen LogP contribution in [-0.2, 0) is 9.59 Å². The van der Waals surface area contributed by atoms with E-state index in [-0.39, 0.29) is 6.04 Å². The summed E-state index contributed by atoms with van der Waals surface area (Å²) < 4.78 is 0. The molecule has 0 radical (unpaired) electrons. The fraction of sp³-hybridized carbons (Fsp3) is 0.750. The summed E-state index contributed by atoms with van der Waals surface area (Å²) in [5, 5.41) is 5.02. The third-order valence-electron chi connectivity index (χ3n) is 2.06. The predicted octanol–water partition coefficient (Wildman–Crippen LogP) is -1.41. The van der Waals surface area contributed by atoms with Crippen molar-refractivity contribution < 1.29 is 9.59 Å². The van der Waals surface area contributed by atoms with Gasteiger partial charge in [0.1, 0.15) is 0 Å². The van der Waals surface area contributed by atoms with Crippen LogP contribution in [0.1, 0.15) is 13.3 Å².